The van der Waals surface area contributed by atoms with Crippen molar-refractivity contribution in [3.8, 4) is 12.3 Å². The summed E-state index contributed by atoms with van der Waals surface area (Å²) < 4.78 is 4.68. The molecule has 1 unspecified atom stereocenters. The van der Waals surface area contributed by atoms with E-state index in [-0.39, 0.29) is 41.2 Å². The lowest BCUT2D eigenvalue weighted by atomic mass is 9.95. The molecule has 1 atom stereocenters. The molecule has 0 amide bonds. The summed E-state index contributed by atoms with van der Waals surface area (Å²) in [6.07, 6.45) is 2.01. The maximum absolute atomic E-state index is 11.5. The van der Waals surface area contributed by atoms with Gasteiger partial charge in [0, 0.05) is 26.8 Å². The highest BCUT2D eigenvalue weighted by Gasteiger charge is 2.32. The van der Waals surface area contributed by atoms with E-state index >= 15 is 0 Å². The summed E-state index contributed by atoms with van der Waals surface area (Å²) in [5.74, 6) is 0.460. The van der Waals surface area contributed by atoms with Gasteiger partial charge < -0.3 is 21.5 Å². The van der Waals surface area contributed by atoms with Crippen molar-refractivity contribution in [3.63, 3.8) is 0 Å². The van der Waals surface area contributed by atoms with Crippen molar-refractivity contribution in [3.05, 3.63) is 39.9 Å². The van der Waals surface area contributed by atoms with Crippen LogP contribution in [0.15, 0.2) is 28.1 Å². The first kappa shape index (κ1) is 22.0. The molecule has 158 valence electrons. The molecule has 3 rings (SSSR count). The molecular weight excluding hydrogens is 440 g/mol. The summed E-state index contributed by atoms with van der Waals surface area (Å²) in [6, 6.07) is 6.49. The number of carbonyl (C=O) groups is 1. The number of nitrogens with zero attached hydrogens (tertiary/aromatic N) is 4. The largest absolute Gasteiger partial charge is 0.469 e. The predicted octanol–water partition coefficient (Wildman–Crippen LogP) is 2.37. The van der Waals surface area contributed by atoms with Crippen LogP contribution in [0.25, 0.3) is 0 Å². The Morgan fingerprint density at radius 3 is 2.84 bits per heavy atom. The number of thioether (sulfide) groups is 1. The van der Waals surface area contributed by atoms with Gasteiger partial charge in [-0.2, -0.15) is 10.5 Å². The predicted molar refractivity (Wildman–Crippen MR) is 118 cm³/mol. The van der Waals surface area contributed by atoms with E-state index in [4.69, 9.17) is 28.3 Å². The smallest absolute Gasteiger partial charge is 0.306 e. The molecule has 1 aliphatic rings. The molecular formula is C19H17ClN8O2S. The van der Waals surface area contributed by atoms with Crippen molar-refractivity contribution in [1.29, 1.82) is 10.5 Å². The van der Waals surface area contributed by atoms with Crippen molar-refractivity contribution < 1.29 is 9.53 Å². The van der Waals surface area contributed by atoms with E-state index in [2.05, 4.69) is 25.3 Å². The van der Waals surface area contributed by atoms with E-state index in [0.717, 1.165) is 4.90 Å². The number of ether oxygens (including phenoxy) is 1. The van der Waals surface area contributed by atoms with Gasteiger partial charge in [0.1, 0.15) is 29.3 Å². The Balaban J connectivity index is 2.15. The first-order valence-electron chi connectivity index (χ1n) is 8.88. The average molecular weight is 457 g/mol. The van der Waals surface area contributed by atoms with Gasteiger partial charge in [-0.3, -0.25) is 10.1 Å². The number of aromatic nitrogens is 1. The van der Waals surface area contributed by atoms with Gasteiger partial charge >= 0.3 is 5.97 Å². The van der Waals surface area contributed by atoms with Crippen LogP contribution < -0.4 is 22.1 Å². The number of pyridine rings is 1. The number of carbonyl (C=O) groups excluding carboxylic acids is 1. The molecule has 0 spiro atoms. The lowest BCUT2D eigenvalue weighted by Gasteiger charge is -2.27. The summed E-state index contributed by atoms with van der Waals surface area (Å²) in [5, 5.41) is 24.2. The fourth-order valence-corrected chi connectivity index (χ4v) is 4.42. The molecule has 6 N–H and O–H groups in total. The number of benzene rings is 1. The van der Waals surface area contributed by atoms with Gasteiger partial charge in [-0.25, -0.2) is 9.98 Å². The van der Waals surface area contributed by atoms with Crippen molar-refractivity contribution in [2.75, 3.05) is 29.6 Å². The lowest BCUT2D eigenvalue weighted by Crippen LogP contribution is -2.33. The number of rotatable bonds is 5. The number of nitrogen functional groups attached to an aromatic ring is 2. The Morgan fingerprint density at radius 2 is 2.16 bits per heavy atom. The Labute approximate surface area is 187 Å². The van der Waals surface area contributed by atoms with E-state index in [1.165, 1.54) is 18.9 Å². The summed E-state index contributed by atoms with van der Waals surface area (Å²) in [6.45, 7) is 0. The summed E-state index contributed by atoms with van der Waals surface area (Å²) in [4.78, 5) is 21.0. The first-order chi connectivity index (χ1) is 14.9. The van der Waals surface area contributed by atoms with Crippen molar-refractivity contribution in [1.82, 2.24) is 10.3 Å². The zero-order valence-electron chi connectivity index (χ0n) is 16.3. The van der Waals surface area contributed by atoms with Crippen molar-refractivity contribution in [2.45, 2.75) is 17.4 Å². The van der Waals surface area contributed by atoms with E-state index in [1.54, 1.807) is 18.3 Å². The molecule has 12 heteroatoms. The summed E-state index contributed by atoms with van der Waals surface area (Å²) in [5.41, 5.74) is 13.3. The minimum absolute atomic E-state index is 0.0318. The zero-order valence-corrected chi connectivity index (χ0v) is 17.8. The van der Waals surface area contributed by atoms with Crippen molar-refractivity contribution >= 4 is 52.6 Å². The molecule has 1 aliphatic heterocycles. The quantitative estimate of drug-likeness (QED) is 0.226. The second-order valence-electron chi connectivity index (χ2n) is 6.23. The van der Waals surface area contributed by atoms with Crippen LogP contribution in [0.2, 0.25) is 5.02 Å². The highest BCUT2D eigenvalue weighted by molar-refractivity contribution is 7.99. The summed E-state index contributed by atoms with van der Waals surface area (Å²) in [7, 11) is 1.33. The molecule has 0 bridgehead atoms. The molecule has 0 saturated carbocycles. The van der Waals surface area contributed by atoms with Gasteiger partial charge in [0.25, 0.3) is 0 Å². The third-order valence-electron chi connectivity index (χ3n) is 4.44. The molecule has 0 fully saturated rings. The normalized spacial score (nSPS) is 14.3. The molecule has 0 aliphatic carbocycles. The molecule has 2 heterocycles. The van der Waals surface area contributed by atoms with Crippen LogP contribution in [0.3, 0.4) is 0 Å². The molecule has 10 nitrogen and oxygen atoms in total. The zero-order chi connectivity index (χ0) is 22.5. The van der Waals surface area contributed by atoms with E-state index < -0.39 is 6.04 Å². The van der Waals surface area contributed by atoms with Crippen LogP contribution >= 0.6 is 23.4 Å². The maximum Gasteiger partial charge on any atom is 0.306 e. The fraction of sp³-hybridized carbons (Fsp3) is 0.211. The Morgan fingerprint density at radius 1 is 1.39 bits per heavy atom. The van der Waals surface area contributed by atoms with E-state index in [9.17, 15) is 10.1 Å². The number of guanidine groups is 1. The van der Waals surface area contributed by atoms with Crippen LogP contribution in [0.5, 0.6) is 0 Å². The van der Waals surface area contributed by atoms with Crippen LogP contribution in [-0.4, -0.2) is 29.8 Å². The number of hydrogen-bond donors (Lipinski definition) is 4. The number of hydrogen-bond acceptors (Lipinski definition) is 11. The molecule has 31 heavy (non-hydrogen) atoms. The number of esters is 1. The third kappa shape index (κ3) is 4.43. The van der Waals surface area contributed by atoms with Gasteiger partial charge in [-0.15, -0.1) is 11.8 Å². The van der Waals surface area contributed by atoms with E-state index in [1.807, 2.05) is 12.1 Å². The first-order valence-corrected chi connectivity index (χ1v) is 10.2. The highest BCUT2D eigenvalue weighted by atomic mass is 35.5. The minimum atomic E-state index is -0.776. The van der Waals surface area contributed by atoms with Gasteiger partial charge in [0.05, 0.1) is 19.2 Å². The monoisotopic (exact) mass is 456 g/mol. The van der Waals surface area contributed by atoms with Crippen LogP contribution in [0.4, 0.5) is 17.3 Å². The van der Waals surface area contributed by atoms with Gasteiger partial charge in [-0.1, -0.05) is 17.7 Å². The number of methoxy groups -OCH3 is 1. The fourth-order valence-electron chi connectivity index (χ4n) is 3.04. The maximum atomic E-state index is 11.5. The minimum Gasteiger partial charge on any atom is -0.469 e. The SMILES string of the molecule is COC(=O)CCSc1cccc(Cl)c1C1N=C(NC#N)Nc2nc(N)c(C#N)c(N)c21. The Kier molecular flexibility index (Phi) is 6.70. The Hall–Kier alpha value is -3.67. The second kappa shape index (κ2) is 9.43. The number of fused-ring (bicyclic) bond motifs is 1. The lowest BCUT2D eigenvalue weighted by molar-refractivity contribution is -0.140. The van der Waals surface area contributed by atoms with Gasteiger partial charge in [0.2, 0.25) is 5.96 Å². The third-order valence-corrected chi connectivity index (χ3v) is 5.84. The second-order valence-corrected chi connectivity index (χ2v) is 7.77. The summed E-state index contributed by atoms with van der Waals surface area (Å²) >= 11 is 7.94. The van der Waals surface area contributed by atoms with Crippen LogP contribution in [0, 0.1) is 22.8 Å². The molecule has 1 aromatic carbocycles. The molecule has 0 saturated heterocycles. The highest BCUT2D eigenvalue weighted by Crippen LogP contribution is 2.45. The number of anilines is 3. The van der Waals surface area contributed by atoms with Gasteiger partial charge in [-0.05, 0) is 12.1 Å². The molecule has 2 aromatic rings. The average Bonchev–Trinajstić information content (AvgIpc) is 2.73. The van der Waals surface area contributed by atoms with Crippen molar-refractivity contribution in [2.24, 2.45) is 4.99 Å². The number of nitrogens with one attached hydrogen (secondary N) is 2. The van der Waals surface area contributed by atoms with Gasteiger partial charge in [0.15, 0.2) is 6.19 Å². The number of nitrogens with two attached hydrogens (primary N) is 2. The van der Waals surface area contributed by atoms with E-state index in [0.29, 0.717) is 21.9 Å². The Bertz CT molecular complexity index is 1160. The number of aliphatic imine (C=N–C) groups is 1. The molecule has 0 radical (unpaired) electrons. The number of nitriles is 2. The molecule has 1 aromatic heterocycles. The van der Waals surface area contributed by atoms with Crippen LogP contribution in [-0.2, 0) is 9.53 Å². The number of halogens is 1. The standard InChI is InChI=1S/C19H17ClN8O2S/c1-30-12(29)5-6-31-11-4-2-3-10(20)13(11)16-14-15(23)9(7-21)17(24)27-18(14)28-19(26-16)25-8-22/h2-4,16H,5-6H2,1H3,(H6,23,24,25,26,27,28). The van der Waals surface area contributed by atoms with Crippen LogP contribution in [0.1, 0.15) is 29.2 Å². The topological polar surface area (TPSA) is 175 Å².